The lowest BCUT2D eigenvalue weighted by molar-refractivity contribution is 0.00814. The van der Waals surface area contributed by atoms with Crippen LogP contribution in [0.1, 0.15) is 18.6 Å². The molecule has 0 atom stereocenters. The van der Waals surface area contributed by atoms with Crippen LogP contribution in [-0.4, -0.2) is 127 Å². The second-order valence-corrected chi connectivity index (χ2v) is 9.22. The number of halogens is 1. The van der Waals surface area contributed by atoms with E-state index in [0.29, 0.717) is 92.4 Å². The van der Waals surface area contributed by atoms with E-state index in [-0.39, 0.29) is 33.9 Å². The SMILES string of the molecule is C.NCCOCCOCCOCCO.O=C(Cl)OCc1ccccc1.O=C(NCCOCCOCCOCCO)OCc1ccccc1. The summed E-state index contributed by atoms with van der Waals surface area (Å²) in [5, 5.41) is 19.5. The van der Waals surface area contributed by atoms with E-state index >= 15 is 0 Å². The summed E-state index contributed by atoms with van der Waals surface area (Å²) in [5.74, 6) is 0. The number of hydrogen-bond acceptors (Lipinski definition) is 13. The second-order valence-electron chi connectivity index (χ2n) is 8.91. The first-order valence-electron chi connectivity index (χ1n) is 15.2. The highest BCUT2D eigenvalue weighted by molar-refractivity contribution is 6.61. The molecule has 14 nitrogen and oxygen atoms in total. The van der Waals surface area contributed by atoms with Crippen molar-refractivity contribution in [2.24, 2.45) is 5.73 Å². The quantitative estimate of drug-likeness (QED) is 0.0872. The minimum Gasteiger partial charge on any atom is -0.449 e. The number of rotatable bonds is 25. The number of amides is 1. The maximum absolute atomic E-state index is 11.4. The highest BCUT2D eigenvalue weighted by Gasteiger charge is 2.01. The molecule has 0 saturated heterocycles. The van der Waals surface area contributed by atoms with E-state index in [1.165, 1.54) is 0 Å². The second kappa shape index (κ2) is 38.6. The molecule has 5 N–H and O–H groups in total. The van der Waals surface area contributed by atoms with E-state index in [0.717, 1.165) is 11.1 Å². The van der Waals surface area contributed by atoms with E-state index in [9.17, 15) is 9.59 Å². The van der Waals surface area contributed by atoms with Crippen molar-refractivity contribution in [3.05, 3.63) is 71.8 Å². The molecule has 276 valence electrons. The van der Waals surface area contributed by atoms with Crippen molar-refractivity contribution in [3.63, 3.8) is 0 Å². The van der Waals surface area contributed by atoms with Crippen LogP contribution in [0.2, 0.25) is 0 Å². The van der Waals surface area contributed by atoms with Crippen LogP contribution < -0.4 is 11.1 Å². The fourth-order valence-electron chi connectivity index (χ4n) is 3.01. The summed E-state index contributed by atoms with van der Waals surface area (Å²) < 4.78 is 40.4. The topological polar surface area (TPSA) is 186 Å². The van der Waals surface area contributed by atoms with Gasteiger partial charge in [0.05, 0.1) is 92.5 Å². The predicted octanol–water partition coefficient (Wildman–Crippen LogP) is 3.14. The van der Waals surface area contributed by atoms with Gasteiger partial charge in [0.2, 0.25) is 0 Å². The molecule has 2 rings (SSSR count). The first-order chi connectivity index (χ1) is 23.0. The number of aliphatic hydroxyl groups is 2. The largest absolute Gasteiger partial charge is 0.449 e. The predicted molar refractivity (Wildman–Crippen MR) is 182 cm³/mol. The van der Waals surface area contributed by atoms with Crippen LogP contribution >= 0.6 is 11.6 Å². The Hall–Kier alpha value is -2.89. The van der Waals surface area contributed by atoms with Crippen molar-refractivity contribution in [2.45, 2.75) is 20.6 Å². The zero-order valence-corrected chi connectivity index (χ0v) is 27.7. The highest BCUT2D eigenvalue weighted by atomic mass is 35.5. The number of carbonyl (C=O) groups is 2. The summed E-state index contributed by atoms with van der Waals surface area (Å²) in [7, 11) is 0. The lowest BCUT2D eigenvalue weighted by Gasteiger charge is -2.08. The lowest BCUT2D eigenvalue weighted by atomic mass is 10.2. The number of ether oxygens (including phenoxy) is 8. The van der Waals surface area contributed by atoms with E-state index in [1.807, 2.05) is 60.7 Å². The molecule has 0 aromatic heterocycles. The van der Waals surface area contributed by atoms with E-state index < -0.39 is 11.5 Å². The summed E-state index contributed by atoms with van der Waals surface area (Å²) in [6, 6.07) is 18.8. The van der Waals surface area contributed by atoms with Gasteiger partial charge in [-0.1, -0.05) is 68.1 Å². The minimum atomic E-state index is -0.770. The Labute approximate surface area is 289 Å². The van der Waals surface area contributed by atoms with Gasteiger partial charge in [0, 0.05) is 24.7 Å². The number of hydrogen-bond donors (Lipinski definition) is 4. The fourth-order valence-corrected chi connectivity index (χ4v) is 3.06. The number of carbonyl (C=O) groups excluding carboxylic acids is 2. The molecule has 0 radical (unpaired) electrons. The maximum atomic E-state index is 11.4. The van der Waals surface area contributed by atoms with Crippen molar-refractivity contribution >= 4 is 23.1 Å². The molecule has 0 fully saturated rings. The van der Waals surface area contributed by atoms with Gasteiger partial charge >= 0.3 is 11.5 Å². The summed E-state index contributed by atoms with van der Waals surface area (Å²) >= 11 is 4.97. The Morgan fingerprint density at radius 1 is 0.583 bits per heavy atom. The zero-order chi connectivity index (χ0) is 34.5. The average molecular weight is 707 g/mol. The highest BCUT2D eigenvalue weighted by Crippen LogP contribution is 2.02. The number of nitrogens with one attached hydrogen (secondary N) is 1. The summed E-state index contributed by atoms with van der Waals surface area (Å²) in [6.07, 6.45) is -0.463. The minimum absolute atomic E-state index is 0. The Balaban J connectivity index is 0. The third kappa shape index (κ3) is 36.0. The Morgan fingerprint density at radius 2 is 0.958 bits per heavy atom. The first-order valence-corrected chi connectivity index (χ1v) is 15.6. The van der Waals surface area contributed by atoms with Gasteiger partial charge < -0.3 is 59.2 Å². The van der Waals surface area contributed by atoms with Crippen LogP contribution in [0.3, 0.4) is 0 Å². The van der Waals surface area contributed by atoms with Crippen molar-refractivity contribution in [1.82, 2.24) is 5.32 Å². The fraction of sp³-hybridized carbons (Fsp3) is 0.576. The number of alkyl carbamates (subject to hydrolysis) is 1. The Kier molecular flexibility index (Phi) is 37.9. The Bertz CT molecular complexity index is 939. The van der Waals surface area contributed by atoms with Crippen LogP contribution in [0, 0.1) is 0 Å². The molecule has 0 aliphatic heterocycles. The number of nitrogens with two attached hydrogens (primary N) is 1. The molecule has 0 unspecified atom stereocenters. The third-order valence-corrected chi connectivity index (χ3v) is 5.25. The summed E-state index contributed by atoms with van der Waals surface area (Å²) in [6.45, 7) is 7.14. The van der Waals surface area contributed by atoms with E-state index in [4.69, 9.17) is 60.7 Å². The number of benzene rings is 2. The van der Waals surface area contributed by atoms with Crippen LogP contribution in [0.5, 0.6) is 0 Å². The van der Waals surface area contributed by atoms with E-state index in [1.54, 1.807) is 0 Å². The summed E-state index contributed by atoms with van der Waals surface area (Å²) in [5.41, 5.74) is 6.32. The van der Waals surface area contributed by atoms with Gasteiger partial charge in [0.15, 0.2) is 0 Å². The average Bonchev–Trinajstić information content (AvgIpc) is 3.09. The monoisotopic (exact) mass is 706 g/mol. The van der Waals surface area contributed by atoms with Gasteiger partial charge in [-0.25, -0.2) is 9.59 Å². The molecule has 2 aromatic rings. The molecule has 0 spiro atoms. The van der Waals surface area contributed by atoms with Gasteiger partial charge in [-0.3, -0.25) is 0 Å². The number of aliphatic hydroxyl groups excluding tert-OH is 2. The molecule has 0 aliphatic carbocycles. The maximum Gasteiger partial charge on any atom is 0.407 e. The van der Waals surface area contributed by atoms with Crippen LogP contribution in [0.25, 0.3) is 0 Å². The van der Waals surface area contributed by atoms with Crippen molar-refractivity contribution in [1.29, 1.82) is 0 Å². The lowest BCUT2D eigenvalue weighted by Crippen LogP contribution is -2.28. The van der Waals surface area contributed by atoms with Gasteiger partial charge in [0.25, 0.3) is 0 Å². The molecule has 2 aromatic carbocycles. The third-order valence-electron chi connectivity index (χ3n) is 5.15. The smallest absolute Gasteiger partial charge is 0.407 e. The molecule has 0 heterocycles. The van der Waals surface area contributed by atoms with Gasteiger partial charge in [-0.05, 0) is 11.1 Å². The molecule has 15 heteroatoms. The summed E-state index contributed by atoms with van der Waals surface area (Å²) in [4.78, 5) is 21.6. The van der Waals surface area contributed by atoms with Gasteiger partial charge in [-0.2, -0.15) is 0 Å². The standard InChI is InChI=1S/C16H25NO6.C8H7ClO2.C8H19NO4.CH4/c18-7-9-21-11-13-22-12-10-20-8-6-17-16(19)23-14-15-4-2-1-3-5-15;9-8(10)11-6-7-4-2-1-3-5-7;9-1-3-11-5-7-13-8-6-12-4-2-10;/h1-5,18H,6-14H2,(H,17,19);1-5H,6H2;10H,1-9H2;1H4. The van der Waals surface area contributed by atoms with Crippen LogP contribution in [-0.2, 0) is 51.1 Å². The normalized spacial score (nSPS) is 10.0. The van der Waals surface area contributed by atoms with Crippen LogP contribution in [0.15, 0.2) is 60.7 Å². The molecule has 0 aliphatic rings. The molecule has 48 heavy (non-hydrogen) atoms. The van der Waals surface area contributed by atoms with Crippen molar-refractivity contribution in [2.75, 3.05) is 106 Å². The van der Waals surface area contributed by atoms with Crippen molar-refractivity contribution in [3.8, 4) is 0 Å². The first kappa shape index (κ1) is 47.2. The van der Waals surface area contributed by atoms with E-state index in [2.05, 4.69) is 10.1 Å². The molecular formula is C33H55ClN2O12. The van der Waals surface area contributed by atoms with Crippen molar-refractivity contribution < 1.29 is 57.7 Å². The molecule has 0 saturated carbocycles. The van der Waals surface area contributed by atoms with Gasteiger partial charge in [-0.15, -0.1) is 0 Å². The Morgan fingerprint density at radius 3 is 1.35 bits per heavy atom. The van der Waals surface area contributed by atoms with Crippen LogP contribution in [0.4, 0.5) is 9.59 Å². The van der Waals surface area contributed by atoms with Gasteiger partial charge in [0.1, 0.15) is 13.2 Å². The molecular weight excluding hydrogens is 652 g/mol. The zero-order valence-electron chi connectivity index (χ0n) is 26.9. The molecule has 1 amide bonds. The molecule has 0 bridgehead atoms.